The van der Waals surface area contributed by atoms with Crippen LogP contribution in [0.1, 0.15) is 25.3 Å². The predicted octanol–water partition coefficient (Wildman–Crippen LogP) is 2.02. The largest absolute Gasteiger partial charge is 0.382 e. The predicted molar refractivity (Wildman–Crippen MR) is 66.9 cm³/mol. The van der Waals surface area contributed by atoms with Crippen molar-refractivity contribution in [2.45, 2.75) is 38.3 Å². The van der Waals surface area contributed by atoms with E-state index in [2.05, 4.69) is 5.43 Å². The quantitative estimate of drug-likeness (QED) is 0.566. The van der Waals surface area contributed by atoms with E-state index in [1.165, 1.54) is 12.1 Å². The molecule has 1 rings (SSSR count). The minimum Gasteiger partial charge on any atom is -0.382 e. The first-order valence-corrected chi connectivity index (χ1v) is 5.89. The summed E-state index contributed by atoms with van der Waals surface area (Å²) in [5.74, 6) is 5.30. The van der Waals surface area contributed by atoms with Crippen molar-refractivity contribution in [3.05, 3.63) is 35.6 Å². The van der Waals surface area contributed by atoms with Gasteiger partial charge < -0.3 is 4.74 Å². The van der Waals surface area contributed by atoms with Gasteiger partial charge in [0.1, 0.15) is 5.82 Å². The summed E-state index contributed by atoms with van der Waals surface area (Å²) < 4.78 is 17.9. The van der Waals surface area contributed by atoms with Crippen molar-refractivity contribution < 1.29 is 9.13 Å². The molecule has 17 heavy (non-hydrogen) atoms. The summed E-state index contributed by atoms with van der Waals surface area (Å²) in [6.07, 6.45) is 2.92. The maximum Gasteiger partial charge on any atom is 0.123 e. The first-order valence-electron chi connectivity index (χ1n) is 5.89. The zero-order valence-corrected chi connectivity index (χ0v) is 10.4. The number of halogens is 1. The second-order valence-corrected chi connectivity index (χ2v) is 4.32. The Balaban J connectivity index is 2.43. The fraction of sp³-hybridized carbons (Fsp3) is 0.538. The molecule has 0 heterocycles. The van der Waals surface area contributed by atoms with Crippen LogP contribution in [0.25, 0.3) is 0 Å². The van der Waals surface area contributed by atoms with Crippen LogP contribution in [0.3, 0.4) is 0 Å². The Morgan fingerprint density at radius 3 is 2.47 bits per heavy atom. The SMILES string of the molecule is COC(C)CCC(Cc1ccc(F)cc1)NN. The summed E-state index contributed by atoms with van der Waals surface area (Å²) in [6, 6.07) is 6.72. The highest BCUT2D eigenvalue weighted by molar-refractivity contribution is 5.17. The standard InChI is InChI=1S/C13H21FN2O/c1-10(17-2)3-8-13(16-15)9-11-4-6-12(14)7-5-11/h4-7,10,13,16H,3,8-9,15H2,1-2H3. The van der Waals surface area contributed by atoms with Crippen LogP contribution in [-0.4, -0.2) is 19.3 Å². The molecule has 3 nitrogen and oxygen atoms in total. The molecule has 4 heteroatoms. The smallest absolute Gasteiger partial charge is 0.123 e. The molecule has 0 aromatic heterocycles. The van der Waals surface area contributed by atoms with E-state index in [9.17, 15) is 4.39 Å². The Kier molecular flexibility index (Phi) is 6.11. The van der Waals surface area contributed by atoms with Gasteiger partial charge in [0.15, 0.2) is 0 Å². The molecule has 0 fully saturated rings. The molecule has 1 aromatic rings. The number of rotatable bonds is 7. The maximum atomic E-state index is 12.7. The van der Waals surface area contributed by atoms with Gasteiger partial charge in [0, 0.05) is 13.2 Å². The van der Waals surface area contributed by atoms with Gasteiger partial charge in [-0.05, 0) is 43.9 Å². The molecular weight excluding hydrogens is 219 g/mol. The molecule has 0 radical (unpaired) electrons. The highest BCUT2D eigenvalue weighted by Crippen LogP contribution is 2.10. The van der Waals surface area contributed by atoms with Crippen LogP contribution < -0.4 is 11.3 Å². The summed E-state index contributed by atoms with van der Waals surface area (Å²) in [7, 11) is 1.70. The van der Waals surface area contributed by atoms with Crippen LogP contribution in [-0.2, 0) is 11.2 Å². The molecule has 0 bridgehead atoms. The van der Waals surface area contributed by atoms with Gasteiger partial charge in [0.25, 0.3) is 0 Å². The number of hydrogen-bond donors (Lipinski definition) is 2. The molecule has 3 N–H and O–H groups in total. The molecule has 1 aromatic carbocycles. The maximum absolute atomic E-state index is 12.7. The zero-order valence-electron chi connectivity index (χ0n) is 10.4. The normalized spacial score (nSPS) is 14.6. The Bertz CT molecular complexity index is 316. The number of nitrogens with two attached hydrogens (primary N) is 1. The molecular formula is C13H21FN2O. The van der Waals surface area contributed by atoms with Crippen LogP contribution in [0.2, 0.25) is 0 Å². The average Bonchev–Trinajstić information content (AvgIpc) is 2.36. The molecule has 2 atom stereocenters. The lowest BCUT2D eigenvalue weighted by molar-refractivity contribution is 0.106. The molecule has 0 aliphatic carbocycles. The van der Waals surface area contributed by atoms with Crippen LogP contribution in [0.4, 0.5) is 4.39 Å². The molecule has 0 saturated heterocycles. The summed E-state index contributed by atoms with van der Waals surface area (Å²) in [4.78, 5) is 0. The van der Waals surface area contributed by atoms with E-state index in [1.54, 1.807) is 19.2 Å². The Morgan fingerprint density at radius 1 is 1.29 bits per heavy atom. The van der Waals surface area contributed by atoms with E-state index in [-0.39, 0.29) is 18.0 Å². The highest BCUT2D eigenvalue weighted by atomic mass is 19.1. The molecule has 0 aliphatic heterocycles. The number of nitrogens with one attached hydrogen (secondary N) is 1. The van der Waals surface area contributed by atoms with Crippen molar-refractivity contribution in [1.29, 1.82) is 0 Å². The first kappa shape index (κ1) is 14.1. The Morgan fingerprint density at radius 2 is 1.94 bits per heavy atom. The van der Waals surface area contributed by atoms with Crippen LogP contribution in [0.5, 0.6) is 0 Å². The minimum atomic E-state index is -0.209. The van der Waals surface area contributed by atoms with Crippen molar-refractivity contribution in [3.8, 4) is 0 Å². The molecule has 2 unspecified atom stereocenters. The Hall–Kier alpha value is -0.970. The van der Waals surface area contributed by atoms with Gasteiger partial charge in [-0.3, -0.25) is 11.3 Å². The Labute approximate surface area is 102 Å². The zero-order chi connectivity index (χ0) is 12.7. The monoisotopic (exact) mass is 240 g/mol. The van der Waals surface area contributed by atoms with Gasteiger partial charge >= 0.3 is 0 Å². The van der Waals surface area contributed by atoms with Gasteiger partial charge in [-0.1, -0.05) is 12.1 Å². The molecule has 0 aliphatic rings. The molecule has 0 saturated carbocycles. The van der Waals surface area contributed by atoms with Crippen LogP contribution >= 0.6 is 0 Å². The molecule has 0 spiro atoms. The average molecular weight is 240 g/mol. The van der Waals surface area contributed by atoms with Gasteiger partial charge in [-0.25, -0.2) is 4.39 Å². The third kappa shape index (κ3) is 5.26. The summed E-state index contributed by atoms with van der Waals surface area (Å²) >= 11 is 0. The van der Waals surface area contributed by atoms with E-state index in [1.807, 2.05) is 6.92 Å². The van der Waals surface area contributed by atoms with Gasteiger partial charge in [-0.2, -0.15) is 0 Å². The lowest BCUT2D eigenvalue weighted by atomic mass is 10.0. The number of ether oxygens (including phenoxy) is 1. The lowest BCUT2D eigenvalue weighted by Crippen LogP contribution is -2.37. The third-order valence-electron chi connectivity index (χ3n) is 2.96. The number of methoxy groups -OCH3 is 1. The highest BCUT2D eigenvalue weighted by Gasteiger charge is 2.10. The second kappa shape index (κ2) is 7.37. The number of hydrogen-bond acceptors (Lipinski definition) is 3. The summed E-state index contributed by atoms with van der Waals surface area (Å²) in [5, 5.41) is 0. The van der Waals surface area contributed by atoms with Crippen molar-refractivity contribution in [1.82, 2.24) is 5.43 Å². The number of benzene rings is 1. The van der Waals surface area contributed by atoms with Crippen LogP contribution in [0, 0.1) is 5.82 Å². The minimum absolute atomic E-state index is 0.193. The lowest BCUT2D eigenvalue weighted by Gasteiger charge is -2.18. The molecule has 0 amide bonds. The van der Waals surface area contributed by atoms with E-state index in [0.29, 0.717) is 0 Å². The van der Waals surface area contributed by atoms with Gasteiger partial charge in [-0.15, -0.1) is 0 Å². The second-order valence-electron chi connectivity index (χ2n) is 4.32. The van der Waals surface area contributed by atoms with E-state index < -0.39 is 0 Å². The first-order chi connectivity index (χ1) is 8.15. The summed E-state index contributed by atoms with van der Waals surface area (Å²) in [6.45, 7) is 2.03. The van der Waals surface area contributed by atoms with E-state index in [4.69, 9.17) is 10.6 Å². The fourth-order valence-electron chi connectivity index (χ4n) is 1.70. The van der Waals surface area contributed by atoms with Crippen molar-refractivity contribution in [3.63, 3.8) is 0 Å². The van der Waals surface area contributed by atoms with Gasteiger partial charge in [0.2, 0.25) is 0 Å². The summed E-state index contributed by atoms with van der Waals surface area (Å²) in [5.41, 5.74) is 3.88. The fourth-order valence-corrected chi connectivity index (χ4v) is 1.70. The van der Waals surface area contributed by atoms with Crippen molar-refractivity contribution in [2.24, 2.45) is 5.84 Å². The van der Waals surface area contributed by atoms with E-state index >= 15 is 0 Å². The molecule has 96 valence electrons. The van der Waals surface area contributed by atoms with Crippen molar-refractivity contribution in [2.75, 3.05) is 7.11 Å². The number of hydrazine groups is 1. The van der Waals surface area contributed by atoms with Gasteiger partial charge in [0.05, 0.1) is 6.10 Å². The van der Waals surface area contributed by atoms with Crippen molar-refractivity contribution >= 4 is 0 Å². The topological polar surface area (TPSA) is 47.3 Å². The van der Waals surface area contributed by atoms with Crippen LogP contribution in [0.15, 0.2) is 24.3 Å². The third-order valence-corrected chi connectivity index (χ3v) is 2.96. The van der Waals surface area contributed by atoms with E-state index in [0.717, 1.165) is 24.8 Å².